The maximum absolute atomic E-state index is 12.3. The Morgan fingerprint density at radius 1 is 1.50 bits per heavy atom. The van der Waals surface area contributed by atoms with Crippen molar-refractivity contribution in [3.8, 4) is 17.9 Å². The molecule has 0 aliphatic rings. The van der Waals surface area contributed by atoms with Crippen LogP contribution in [0.25, 0.3) is 0 Å². The van der Waals surface area contributed by atoms with E-state index < -0.39 is 0 Å². The summed E-state index contributed by atoms with van der Waals surface area (Å²) in [6.45, 7) is 4.52. The van der Waals surface area contributed by atoms with Crippen molar-refractivity contribution in [2.45, 2.75) is 26.3 Å². The van der Waals surface area contributed by atoms with Crippen molar-refractivity contribution >= 4 is 5.91 Å². The zero-order valence-electron chi connectivity index (χ0n) is 11.8. The van der Waals surface area contributed by atoms with Crippen LogP contribution in [-0.4, -0.2) is 34.9 Å². The molecule has 0 fully saturated rings. The topological polar surface area (TPSA) is 83.0 Å². The van der Waals surface area contributed by atoms with Crippen molar-refractivity contribution in [1.82, 2.24) is 9.88 Å². The number of amides is 1. The molecule has 5 nitrogen and oxygen atoms in total. The highest BCUT2D eigenvalue weighted by Crippen LogP contribution is 2.08. The summed E-state index contributed by atoms with van der Waals surface area (Å²) in [6, 6.07) is 5.46. The lowest BCUT2D eigenvalue weighted by atomic mass is 10.2. The molecule has 0 saturated heterocycles. The number of carbonyl (C=O) groups is 1. The van der Waals surface area contributed by atoms with Crippen molar-refractivity contribution < 1.29 is 4.79 Å². The summed E-state index contributed by atoms with van der Waals surface area (Å²) < 4.78 is 0. The third-order valence-electron chi connectivity index (χ3n) is 2.67. The standard InChI is InChI=1S/C15H18N4O/c1-12(2)19(10-4-9-17)15(20)14-7-6-13(11-18-14)5-3-8-16/h6-7,11-12H,4,8,10,16H2,1-2H3. The van der Waals surface area contributed by atoms with E-state index in [0.717, 1.165) is 5.56 Å². The zero-order valence-corrected chi connectivity index (χ0v) is 11.8. The minimum absolute atomic E-state index is 0.0226. The van der Waals surface area contributed by atoms with Crippen LogP contribution in [-0.2, 0) is 0 Å². The first kappa shape index (κ1) is 15.7. The second-order valence-corrected chi connectivity index (χ2v) is 4.44. The second-order valence-electron chi connectivity index (χ2n) is 4.44. The number of nitrogens with zero attached hydrogens (tertiary/aromatic N) is 3. The molecule has 5 heteroatoms. The number of carbonyl (C=O) groups excluding carboxylic acids is 1. The predicted octanol–water partition coefficient (Wildman–Crippen LogP) is 1.16. The molecular weight excluding hydrogens is 252 g/mol. The van der Waals surface area contributed by atoms with Crippen molar-refractivity contribution in [3.05, 3.63) is 29.6 Å². The minimum atomic E-state index is -0.173. The summed E-state index contributed by atoms with van der Waals surface area (Å²) in [4.78, 5) is 18.1. The number of hydrogen-bond donors (Lipinski definition) is 1. The van der Waals surface area contributed by atoms with E-state index in [1.54, 1.807) is 23.2 Å². The van der Waals surface area contributed by atoms with E-state index in [1.165, 1.54) is 0 Å². The maximum atomic E-state index is 12.3. The summed E-state index contributed by atoms with van der Waals surface area (Å²) >= 11 is 0. The van der Waals surface area contributed by atoms with Gasteiger partial charge in [-0.2, -0.15) is 5.26 Å². The second kappa shape index (κ2) is 7.93. The summed E-state index contributed by atoms with van der Waals surface area (Å²) in [6.07, 6.45) is 1.86. The average Bonchev–Trinajstić information content (AvgIpc) is 2.45. The Morgan fingerprint density at radius 3 is 2.75 bits per heavy atom. The summed E-state index contributed by atoms with van der Waals surface area (Å²) in [5, 5.41) is 8.64. The highest BCUT2D eigenvalue weighted by Gasteiger charge is 2.19. The van der Waals surface area contributed by atoms with Crippen molar-refractivity contribution in [3.63, 3.8) is 0 Å². The van der Waals surface area contributed by atoms with Crippen LogP contribution in [0.4, 0.5) is 0 Å². The molecule has 0 spiro atoms. The van der Waals surface area contributed by atoms with Crippen molar-refractivity contribution in [2.24, 2.45) is 5.73 Å². The van der Waals surface area contributed by atoms with Gasteiger partial charge in [0.15, 0.2) is 0 Å². The lowest BCUT2D eigenvalue weighted by Gasteiger charge is -2.25. The first-order chi connectivity index (χ1) is 9.60. The number of pyridine rings is 1. The molecule has 0 radical (unpaired) electrons. The van der Waals surface area contributed by atoms with Gasteiger partial charge in [0.25, 0.3) is 5.91 Å². The molecule has 1 rings (SSSR count). The fraction of sp³-hybridized carbons (Fsp3) is 0.400. The van der Waals surface area contributed by atoms with E-state index in [0.29, 0.717) is 18.7 Å². The van der Waals surface area contributed by atoms with Crippen LogP contribution in [0.1, 0.15) is 36.3 Å². The van der Waals surface area contributed by atoms with E-state index >= 15 is 0 Å². The lowest BCUT2D eigenvalue weighted by molar-refractivity contribution is 0.0704. The van der Waals surface area contributed by atoms with E-state index in [4.69, 9.17) is 11.0 Å². The van der Waals surface area contributed by atoms with Gasteiger partial charge in [-0.1, -0.05) is 11.8 Å². The quantitative estimate of drug-likeness (QED) is 0.832. The van der Waals surface area contributed by atoms with Crippen molar-refractivity contribution in [2.75, 3.05) is 13.1 Å². The highest BCUT2D eigenvalue weighted by atomic mass is 16.2. The van der Waals surface area contributed by atoms with Gasteiger partial charge in [-0.3, -0.25) is 4.79 Å². The zero-order chi connectivity index (χ0) is 15.0. The number of hydrogen-bond acceptors (Lipinski definition) is 4. The van der Waals surface area contributed by atoms with Gasteiger partial charge in [0, 0.05) is 24.3 Å². The number of nitrogens with two attached hydrogens (primary N) is 1. The molecule has 1 amide bonds. The Balaban J connectivity index is 2.87. The molecule has 20 heavy (non-hydrogen) atoms. The largest absolute Gasteiger partial charge is 0.334 e. The monoisotopic (exact) mass is 270 g/mol. The smallest absolute Gasteiger partial charge is 0.272 e. The number of aromatic nitrogens is 1. The third-order valence-corrected chi connectivity index (χ3v) is 2.67. The number of rotatable bonds is 4. The number of nitriles is 1. The molecule has 0 aliphatic heterocycles. The van der Waals surface area contributed by atoms with Crippen LogP contribution in [0, 0.1) is 23.2 Å². The van der Waals surface area contributed by atoms with Crippen LogP contribution in [0.5, 0.6) is 0 Å². The predicted molar refractivity (Wildman–Crippen MR) is 76.6 cm³/mol. The first-order valence-corrected chi connectivity index (χ1v) is 6.43. The van der Waals surface area contributed by atoms with E-state index in [-0.39, 0.29) is 18.5 Å². The molecule has 0 bridgehead atoms. The molecular formula is C15H18N4O. The van der Waals surface area contributed by atoms with Gasteiger partial charge in [0.2, 0.25) is 0 Å². The van der Waals surface area contributed by atoms with Gasteiger partial charge in [0.1, 0.15) is 5.69 Å². The van der Waals surface area contributed by atoms with Gasteiger partial charge in [-0.25, -0.2) is 4.98 Å². The Bertz CT molecular complexity index is 546. The summed E-state index contributed by atoms with van der Waals surface area (Å²) in [7, 11) is 0. The van der Waals surface area contributed by atoms with Crippen LogP contribution < -0.4 is 5.73 Å². The Morgan fingerprint density at radius 2 is 2.25 bits per heavy atom. The highest BCUT2D eigenvalue weighted by molar-refractivity contribution is 5.92. The summed E-state index contributed by atoms with van der Waals surface area (Å²) in [5.41, 5.74) is 6.37. The molecule has 0 aromatic carbocycles. The SMILES string of the molecule is CC(C)N(CCC#N)C(=O)c1ccc(C#CCN)cn1. The van der Waals surface area contributed by atoms with Gasteiger partial charge < -0.3 is 10.6 Å². The minimum Gasteiger partial charge on any atom is -0.334 e. The van der Waals surface area contributed by atoms with Crippen molar-refractivity contribution in [1.29, 1.82) is 5.26 Å². The third kappa shape index (κ3) is 4.38. The van der Waals surface area contributed by atoms with E-state index in [9.17, 15) is 4.79 Å². The van der Waals surface area contributed by atoms with Gasteiger partial charge in [0.05, 0.1) is 19.0 Å². The lowest BCUT2D eigenvalue weighted by Crippen LogP contribution is -2.38. The van der Waals surface area contributed by atoms with Crippen LogP contribution >= 0.6 is 0 Å². The fourth-order valence-electron chi connectivity index (χ4n) is 1.66. The Kier molecular flexibility index (Phi) is 6.22. The normalized spacial score (nSPS) is 9.55. The average molecular weight is 270 g/mol. The molecule has 0 unspecified atom stereocenters. The molecule has 1 aromatic rings. The molecule has 0 atom stereocenters. The van der Waals surface area contributed by atoms with Crippen LogP contribution in [0.15, 0.2) is 18.3 Å². The van der Waals surface area contributed by atoms with E-state index in [1.807, 2.05) is 19.9 Å². The van der Waals surface area contributed by atoms with E-state index in [2.05, 4.69) is 16.8 Å². The molecule has 1 aromatic heterocycles. The molecule has 104 valence electrons. The van der Waals surface area contributed by atoms with Gasteiger partial charge >= 0.3 is 0 Å². The van der Waals surface area contributed by atoms with Gasteiger partial charge in [-0.05, 0) is 26.0 Å². The van der Waals surface area contributed by atoms with Crippen LogP contribution in [0.3, 0.4) is 0 Å². The molecule has 0 aliphatic carbocycles. The molecule has 0 saturated carbocycles. The van der Waals surface area contributed by atoms with Crippen LogP contribution in [0.2, 0.25) is 0 Å². The summed E-state index contributed by atoms with van der Waals surface area (Å²) in [5.74, 6) is 5.41. The maximum Gasteiger partial charge on any atom is 0.272 e. The fourth-order valence-corrected chi connectivity index (χ4v) is 1.66. The Labute approximate surface area is 119 Å². The van der Waals surface area contributed by atoms with Gasteiger partial charge in [-0.15, -0.1) is 0 Å². The first-order valence-electron chi connectivity index (χ1n) is 6.43. The molecule has 1 heterocycles. The Hall–Kier alpha value is -2.37. The molecule has 2 N–H and O–H groups in total.